The summed E-state index contributed by atoms with van der Waals surface area (Å²) in [6.45, 7) is 0.844. The summed E-state index contributed by atoms with van der Waals surface area (Å²) in [5, 5.41) is 0. The summed E-state index contributed by atoms with van der Waals surface area (Å²) in [6.07, 6.45) is -0.163. The Morgan fingerprint density at radius 3 is 2.86 bits per heavy atom. The van der Waals surface area contributed by atoms with Crippen LogP contribution >= 0.6 is 7.82 Å². The smallest absolute Gasteiger partial charge is 0.382 e. The van der Waals surface area contributed by atoms with Crippen molar-refractivity contribution in [2.45, 2.75) is 18.6 Å². The minimum absolute atomic E-state index is 0.296. The Bertz CT molecular complexity index is 220. The molecule has 1 heterocycles. The number of hydrogen-bond donors (Lipinski definition) is 1. The van der Waals surface area contributed by atoms with Gasteiger partial charge in [-0.1, -0.05) is 0 Å². The van der Waals surface area contributed by atoms with Gasteiger partial charge in [0.05, 0.1) is 6.61 Å². The second-order valence-corrected chi connectivity index (χ2v) is 4.46. The Hall–Kier alpha value is 0.0300. The van der Waals surface area contributed by atoms with Crippen LogP contribution in [0.2, 0.25) is 0 Å². The van der Waals surface area contributed by atoms with E-state index < -0.39 is 13.9 Å². The lowest BCUT2D eigenvalue weighted by Gasteiger charge is -2.19. The van der Waals surface area contributed by atoms with Crippen LogP contribution in [0.4, 0.5) is 0 Å². The third-order valence-corrected chi connectivity index (χ3v) is 2.98. The van der Waals surface area contributed by atoms with Gasteiger partial charge in [0, 0.05) is 27.2 Å². The highest BCUT2D eigenvalue weighted by Gasteiger charge is 2.35. The lowest BCUT2D eigenvalue weighted by atomic mass is 10.2. The zero-order valence-corrected chi connectivity index (χ0v) is 9.11. The van der Waals surface area contributed by atoms with Crippen molar-refractivity contribution in [3.8, 4) is 0 Å². The van der Waals surface area contributed by atoms with E-state index >= 15 is 0 Å². The maximum atomic E-state index is 11.1. The third kappa shape index (κ3) is 3.31. The predicted octanol–water partition coefficient (Wildman–Crippen LogP) is 0.554. The average molecular weight is 226 g/mol. The summed E-state index contributed by atoms with van der Waals surface area (Å²) >= 11 is 0. The molecule has 3 atom stereocenters. The van der Waals surface area contributed by atoms with Gasteiger partial charge in [0.15, 0.2) is 0 Å². The largest absolute Gasteiger partial charge is 0.472 e. The fourth-order valence-corrected chi connectivity index (χ4v) is 1.95. The van der Waals surface area contributed by atoms with Crippen LogP contribution in [-0.2, 0) is 23.1 Å². The Morgan fingerprint density at radius 1 is 1.57 bits per heavy atom. The van der Waals surface area contributed by atoms with Gasteiger partial charge in [-0.05, 0) is 0 Å². The molecule has 0 aromatic carbocycles. The van der Waals surface area contributed by atoms with Gasteiger partial charge >= 0.3 is 7.82 Å². The summed E-state index contributed by atoms with van der Waals surface area (Å²) in [5.41, 5.74) is 0. The van der Waals surface area contributed by atoms with Crippen molar-refractivity contribution < 1.29 is 28.0 Å². The molecule has 1 N–H and O–H groups in total. The number of phosphoric ester groups is 1. The van der Waals surface area contributed by atoms with E-state index in [9.17, 15) is 4.57 Å². The van der Waals surface area contributed by atoms with Crippen LogP contribution < -0.4 is 0 Å². The molecule has 1 saturated heterocycles. The first-order valence-electron chi connectivity index (χ1n) is 4.26. The summed E-state index contributed by atoms with van der Waals surface area (Å²) in [6, 6.07) is 0. The van der Waals surface area contributed by atoms with Crippen molar-refractivity contribution in [1.82, 2.24) is 0 Å². The van der Waals surface area contributed by atoms with Crippen molar-refractivity contribution in [3.05, 3.63) is 0 Å². The molecule has 0 spiro atoms. The van der Waals surface area contributed by atoms with Gasteiger partial charge in [0.1, 0.15) is 12.2 Å². The molecule has 14 heavy (non-hydrogen) atoms. The van der Waals surface area contributed by atoms with Crippen LogP contribution in [0, 0.1) is 0 Å². The molecule has 0 bridgehead atoms. The molecule has 1 rings (SSSR count). The Labute approximate surface area is 82.7 Å². The zero-order valence-electron chi connectivity index (χ0n) is 8.21. The van der Waals surface area contributed by atoms with Crippen LogP contribution in [-0.4, -0.2) is 44.5 Å². The second kappa shape index (κ2) is 5.21. The highest BCUT2D eigenvalue weighted by atomic mass is 31.2. The van der Waals surface area contributed by atoms with Crippen LogP contribution in [0.25, 0.3) is 0 Å². The van der Waals surface area contributed by atoms with Gasteiger partial charge in [-0.25, -0.2) is 4.57 Å². The summed E-state index contributed by atoms with van der Waals surface area (Å²) < 4.78 is 30.5. The van der Waals surface area contributed by atoms with Crippen molar-refractivity contribution in [2.75, 3.05) is 27.4 Å². The molecule has 0 aromatic rings. The van der Waals surface area contributed by atoms with E-state index in [1.165, 1.54) is 7.11 Å². The van der Waals surface area contributed by atoms with Crippen LogP contribution in [0.1, 0.15) is 6.42 Å². The molecule has 0 saturated carbocycles. The first-order valence-corrected chi connectivity index (χ1v) is 5.76. The van der Waals surface area contributed by atoms with E-state index in [2.05, 4.69) is 4.52 Å². The molecule has 0 radical (unpaired) electrons. The topological polar surface area (TPSA) is 74.2 Å². The Kier molecular flexibility index (Phi) is 4.50. The van der Waals surface area contributed by atoms with Gasteiger partial charge in [0.2, 0.25) is 0 Å². The van der Waals surface area contributed by atoms with Crippen molar-refractivity contribution in [2.24, 2.45) is 0 Å². The van der Waals surface area contributed by atoms with E-state index in [1.54, 1.807) is 0 Å². The quantitative estimate of drug-likeness (QED) is 0.690. The number of hydrogen-bond acceptors (Lipinski definition) is 5. The lowest BCUT2D eigenvalue weighted by molar-refractivity contribution is -0.0115. The normalized spacial score (nSPS) is 31.6. The van der Waals surface area contributed by atoms with Gasteiger partial charge in [-0.2, -0.15) is 0 Å². The van der Waals surface area contributed by atoms with E-state index in [-0.39, 0.29) is 6.10 Å². The molecule has 1 aliphatic rings. The van der Waals surface area contributed by atoms with E-state index in [0.29, 0.717) is 19.6 Å². The molecule has 0 amide bonds. The van der Waals surface area contributed by atoms with Crippen molar-refractivity contribution in [3.63, 3.8) is 0 Å². The number of methoxy groups -OCH3 is 1. The van der Waals surface area contributed by atoms with Crippen LogP contribution in [0.5, 0.6) is 0 Å². The molecule has 6 nitrogen and oxygen atoms in total. The van der Waals surface area contributed by atoms with Gasteiger partial charge in [-0.15, -0.1) is 0 Å². The van der Waals surface area contributed by atoms with E-state index in [0.717, 1.165) is 7.11 Å². The maximum absolute atomic E-state index is 11.1. The van der Waals surface area contributed by atoms with Gasteiger partial charge < -0.3 is 14.4 Å². The zero-order chi connectivity index (χ0) is 10.6. The average Bonchev–Trinajstić information content (AvgIpc) is 2.53. The van der Waals surface area contributed by atoms with Gasteiger partial charge in [-0.3, -0.25) is 9.05 Å². The van der Waals surface area contributed by atoms with E-state index in [4.69, 9.17) is 18.9 Å². The monoisotopic (exact) mass is 226 g/mol. The molecule has 1 fully saturated rings. The third-order valence-electron chi connectivity index (χ3n) is 1.98. The standard InChI is InChI=1S/C7H15O6P/c1-10-5-7-6(3-4-12-7)13-14(8,9)11-2/h6-7H,3-5H2,1-2H3,(H,8,9)/t6-,7+/m0/s1. The molecule has 0 aromatic heterocycles. The molecule has 1 unspecified atom stereocenters. The summed E-state index contributed by atoms with van der Waals surface area (Å²) in [4.78, 5) is 9.08. The minimum atomic E-state index is -3.92. The molecular formula is C7H15O6P. The van der Waals surface area contributed by atoms with Crippen molar-refractivity contribution in [1.29, 1.82) is 0 Å². The molecule has 7 heteroatoms. The highest BCUT2D eigenvalue weighted by molar-refractivity contribution is 7.47. The molecular weight excluding hydrogens is 211 g/mol. The van der Waals surface area contributed by atoms with E-state index in [1.807, 2.05) is 0 Å². The summed E-state index contributed by atoms with van der Waals surface area (Å²) in [5.74, 6) is 0. The number of phosphoric acid groups is 1. The molecule has 1 aliphatic heterocycles. The molecule has 84 valence electrons. The fraction of sp³-hybridized carbons (Fsp3) is 1.00. The van der Waals surface area contributed by atoms with Crippen LogP contribution in [0.15, 0.2) is 0 Å². The number of rotatable bonds is 5. The lowest BCUT2D eigenvalue weighted by Crippen LogP contribution is -2.28. The summed E-state index contributed by atoms with van der Waals surface area (Å²) in [7, 11) is -1.26. The van der Waals surface area contributed by atoms with Crippen molar-refractivity contribution >= 4 is 7.82 Å². The first kappa shape index (κ1) is 12.1. The maximum Gasteiger partial charge on any atom is 0.472 e. The Morgan fingerprint density at radius 2 is 2.29 bits per heavy atom. The van der Waals surface area contributed by atoms with Gasteiger partial charge in [0.25, 0.3) is 0 Å². The predicted molar refractivity (Wildman–Crippen MR) is 47.9 cm³/mol. The van der Waals surface area contributed by atoms with Crippen LogP contribution in [0.3, 0.4) is 0 Å². The second-order valence-electron chi connectivity index (χ2n) is 2.95. The fourth-order valence-electron chi connectivity index (χ4n) is 1.28. The Balaban J connectivity index is 2.47. The minimum Gasteiger partial charge on any atom is -0.382 e. The molecule has 0 aliphatic carbocycles. The SMILES string of the molecule is COC[C@H]1OCC[C@@H]1OP(=O)(O)OC. The first-order chi connectivity index (χ1) is 6.59. The highest BCUT2D eigenvalue weighted by Crippen LogP contribution is 2.45. The number of ether oxygens (including phenoxy) is 2.